The molecule has 2 saturated carbocycles. The molecule has 0 unspecified atom stereocenters. The summed E-state index contributed by atoms with van der Waals surface area (Å²) in [7, 11) is 1.56. The number of carbonyl (C=O) groups is 2. The van der Waals surface area contributed by atoms with E-state index in [2.05, 4.69) is 30.9 Å². The fourth-order valence-corrected chi connectivity index (χ4v) is 7.89. The molecule has 0 saturated heterocycles. The van der Waals surface area contributed by atoms with E-state index in [4.69, 9.17) is 10.5 Å². The third-order valence-electron chi connectivity index (χ3n) is 9.40. The van der Waals surface area contributed by atoms with Crippen molar-refractivity contribution in [1.29, 1.82) is 0 Å². The summed E-state index contributed by atoms with van der Waals surface area (Å²) >= 11 is 0. The second-order valence-electron chi connectivity index (χ2n) is 10.9. The molecule has 0 bridgehead atoms. The largest absolute Gasteiger partial charge is 0.399 e. The van der Waals surface area contributed by atoms with Crippen LogP contribution in [-0.2, 0) is 14.3 Å². The number of benzene rings is 1. The van der Waals surface area contributed by atoms with Gasteiger partial charge in [-0.1, -0.05) is 36.5 Å². The van der Waals surface area contributed by atoms with Gasteiger partial charge in [0.05, 0.1) is 5.41 Å². The van der Waals surface area contributed by atoms with Gasteiger partial charge in [0.1, 0.15) is 13.2 Å². The zero-order valence-corrected chi connectivity index (χ0v) is 20.7. The van der Waals surface area contributed by atoms with Crippen LogP contribution in [0.2, 0.25) is 0 Å². The molecule has 0 radical (unpaired) electrons. The molecule has 0 heterocycles. The first-order valence-electron chi connectivity index (χ1n) is 12.8. The Kier molecular flexibility index (Phi) is 6.23. The maximum Gasteiger partial charge on any atom is 0.176 e. The zero-order chi connectivity index (χ0) is 24.8. The third-order valence-corrected chi connectivity index (χ3v) is 9.40. The van der Waals surface area contributed by atoms with E-state index in [1.165, 1.54) is 22.3 Å². The number of carbonyl (C=O) groups excluding carboxylic acids is 2. The van der Waals surface area contributed by atoms with Crippen LogP contribution in [0, 0.1) is 34.5 Å². The molecule has 5 rings (SSSR count). The number of fused-ring (bicyclic) bond motifs is 4. The normalized spacial score (nSPS) is 33.7. The van der Waals surface area contributed by atoms with Crippen LogP contribution in [0.25, 0.3) is 0 Å². The molecule has 0 amide bonds. The van der Waals surface area contributed by atoms with Crippen molar-refractivity contribution in [2.45, 2.75) is 57.8 Å². The average Bonchev–Trinajstić information content (AvgIpc) is 3.15. The van der Waals surface area contributed by atoms with Crippen molar-refractivity contribution in [3.05, 3.63) is 52.6 Å². The fraction of sp³-hybridized carbons (Fsp3) is 0.533. The van der Waals surface area contributed by atoms with E-state index in [0.29, 0.717) is 24.7 Å². The molecule has 0 spiro atoms. The van der Waals surface area contributed by atoms with Crippen molar-refractivity contribution in [2.24, 2.45) is 22.7 Å². The van der Waals surface area contributed by atoms with Crippen molar-refractivity contribution in [3.63, 3.8) is 0 Å². The van der Waals surface area contributed by atoms with Gasteiger partial charge in [-0.25, -0.2) is 0 Å². The number of aliphatic hydroxyl groups excluding tert-OH is 1. The molecule has 5 nitrogen and oxygen atoms in total. The lowest BCUT2D eigenvalue weighted by molar-refractivity contribution is -0.136. The van der Waals surface area contributed by atoms with Crippen LogP contribution in [0.1, 0.15) is 63.4 Å². The molecule has 35 heavy (non-hydrogen) atoms. The Morgan fingerprint density at radius 1 is 1.20 bits per heavy atom. The highest BCUT2D eigenvalue weighted by Gasteiger charge is 2.65. The number of ketones is 2. The van der Waals surface area contributed by atoms with Gasteiger partial charge in [0.25, 0.3) is 0 Å². The van der Waals surface area contributed by atoms with Crippen LogP contribution in [0.4, 0.5) is 5.69 Å². The predicted octanol–water partition coefficient (Wildman–Crippen LogP) is 4.37. The topological polar surface area (TPSA) is 89.6 Å². The standard InChI is InChI=1S/C30H35NO4/c1-29-17-25(19-4-7-21(31)8-5-19)28-23-11-9-22(33)16-20(23)6-10-24(28)26(29)12-14-30(29,13-3-15-32)27(34)18-35-2/h4-5,7-8,16,24-26,32H,6,9-12,14-15,17-18,31H2,1-2H3/t24-,25+,26-,29-,30-/m0/s1. The summed E-state index contributed by atoms with van der Waals surface area (Å²) in [6, 6.07) is 8.15. The highest BCUT2D eigenvalue weighted by molar-refractivity contribution is 5.93. The van der Waals surface area contributed by atoms with E-state index < -0.39 is 5.41 Å². The second-order valence-corrected chi connectivity index (χ2v) is 10.9. The van der Waals surface area contributed by atoms with Crippen LogP contribution < -0.4 is 5.73 Å². The Hall–Kier alpha value is -2.68. The minimum Gasteiger partial charge on any atom is -0.399 e. The minimum absolute atomic E-state index is 0.0257. The van der Waals surface area contributed by atoms with Gasteiger partial charge in [-0.2, -0.15) is 0 Å². The van der Waals surface area contributed by atoms with Crippen LogP contribution in [-0.4, -0.2) is 37.0 Å². The van der Waals surface area contributed by atoms with Crippen molar-refractivity contribution >= 4 is 17.3 Å². The highest BCUT2D eigenvalue weighted by atomic mass is 16.5. The number of Topliss-reactive ketones (excluding diaryl/α,β-unsaturated/α-hetero) is 1. The predicted molar refractivity (Wildman–Crippen MR) is 135 cm³/mol. The van der Waals surface area contributed by atoms with E-state index >= 15 is 0 Å². The molecule has 1 aromatic carbocycles. The number of ether oxygens (including phenoxy) is 1. The fourth-order valence-electron chi connectivity index (χ4n) is 7.89. The van der Waals surface area contributed by atoms with Gasteiger partial charge in [-0.15, -0.1) is 0 Å². The molecule has 2 fully saturated rings. The van der Waals surface area contributed by atoms with E-state index in [-0.39, 0.29) is 36.1 Å². The number of aliphatic hydroxyl groups is 1. The molecule has 0 aromatic heterocycles. The maximum absolute atomic E-state index is 13.7. The summed E-state index contributed by atoms with van der Waals surface area (Å²) in [6.07, 6.45) is 7.59. The molecule has 1 aromatic rings. The second kappa shape index (κ2) is 9.08. The van der Waals surface area contributed by atoms with Gasteiger partial charge < -0.3 is 15.6 Å². The molecule has 0 aliphatic heterocycles. The summed E-state index contributed by atoms with van der Waals surface area (Å²) in [4.78, 5) is 25.9. The maximum atomic E-state index is 13.7. The number of anilines is 1. The average molecular weight is 474 g/mol. The Bertz CT molecular complexity index is 1170. The lowest BCUT2D eigenvalue weighted by atomic mass is 9.48. The molecule has 4 aliphatic carbocycles. The molecule has 184 valence electrons. The first-order valence-corrected chi connectivity index (χ1v) is 12.8. The molecule has 3 N–H and O–H groups in total. The summed E-state index contributed by atoms with van der Waals surface area (Å²) in [5.41, 5.74) is 10.9. The van der Waals surface area contributed by atoms with Crippen LogP contribution in [0.15, 0.2) is 47.1 Å². The van der Waals surface area contributed by atoms with Gasteiger partial charge in [-0.05, 0) is 90.7 Å². The van der Waals surface area contributed by atoms with Crippen LogP contribution in [0.5, 0.6) is 0 Å². The Balaban J connectivity index is 1.70. The van der Waals surface area contributed by atoms with Gasteiger partial charge in [0, 0.05) is 25.1 Å². The van der Waals surface area contributed by atoms with Crippen LogP contribution in [0.3, 0.4) is 0 Å². The van der Waals surface area contributed by atoms with Gasteiger partial charge in [0.2, 0.25) is 0 Å². The van der Waals surface area contributed by atoms with E-state index in [1.807, 2.05) is 18.2 Å². The van der Waals surface area contributed by atoms with Gasteiger partial charge in [-0.3, -0.25) is 9.59 Å². The first-order chi connectivity index (χ1) is 16.8. The van der Waals surface area contributed by atoms with Crippen molar-refractivity contribution in [2.75, 3.05) is 26.1 Å². The number of nitrogen functional groups attached to an aromatic ring is 1. The number of nitrogens with two attached hydrogens (primary N) is 1. The summed E-state index contributed by atoms with van der Waals surface area (Å²) < 4.78 is 5.32. The number of allylic oxidation sites excluding steroid dienone is 4. The smallest absolute Gasteiger partial charge is 0.176 e. The Labute approximate surface area is 207 Å². The van der Waals surface area contributed by atoms with Crippen molar-refractivity contribution in [3.8, 4) is 11.8 Å². The quantitative estimate of drug-likeness (QED) is 0.501. The number of methoxy groups -OCH3 is 1. The lowest BCUT2D eigenvalue weighted by Gasteiger charge is -2.54. The van der Waals surface area contributed by atoms with E-state index in [0.717, 1.165) is 37.8 Å². The molecular weight excluding hydrogens is 438 g/mol. The monoisotopic (exact) mass is 473 g/mol. The Morgan fingerprint density at radius 2 is 1.97 bits per heavy atom. The third kappa shape index (κ3) is 3.70. The van der Waals surface area contributed by atoms with E-state index in [9.17, 15) is 14.7 Å². The van der Waals surface area contributed by atoms with Crippen molar-refractivity contribution in [1.82, 2.24) is 0 Å². The number of rotatable bonds is 4. The summed E-state index contributed by atoms with van der Waals surface area (Å²) in [6.45, 7) is 2.03. The minimum atomic E-state index is -0.836. The number of hydrogen-bond donors (Lipinski definition) is 2. The zero-order valence-electron chi connectivity index (χ0n) is 20.7. The Morgan fingerprint density at radius 3 is 2.69 bits per heavy atom. The summed E-state index contributed by atoms with van der Waals surface area (Å²) in [5, 5.41) is 9.56. The highest BCUT2D eigenvalue weighted by Crippen LogP contribution is 2.69. The van der Waals surface area contributed by atoms with Gasteiger partial charge in [0.15, 0.2) is 11.6 Å². The SMILES string of the molecule is COCC(=O)[C@]1(C#CCO)CC[C@H]2[C@@H]3CCC4=CC(=O)CCC4=C3[C@@H](c3ccc(N)cc3)C[C@@]21C. The number of hydrogen-bond acceptors (Lipinski definition) is 5. The van der Waals surface area contributed by atoms with Crippen LogP contribution >= 0.6 is 0 Å². The van der Waals surface area contributed by atoms with Gasteiger partial charge >= 0.3 is 0 Å². The van der Waals surface area contributed by atoms with Crippen molar-refractivity contribution < 1.29 is 19.4 Å². The summed E-state index contributed by atoms with van der Waals surface area (Å²) in [5.74, 6) is 7.22. The molecule has 5 heteroatoms. The molecule has 4 aliphatic rings. The lowest BCUT2D eigenvalue weighted by Crippen LogP contribution is -2.51. The molecular formula is C30H35NO4. The molecule has 5 atom stereocenters. The first kappa shape index (κ1) is 24.0. The van der Waals surface area contributed by atoms with E-state index in [1.54, 1.807) is 7.11 Å².